The Balaban J connectivity index is 1.52. The molecular weight excluding hydrogens is 348 g/mol. The van der Waals surface area contributed by atoms with E-state index in [4.69, 9.17) is 9.84 Å². The third-order valence-corrected chi connectivity index (χ3v) is 5.09. The molecule has 1 aliphatic carbocycles. The highest BCUT2D eigenvalue weighted by Crippen LogP contribution is 2.32. The molecule has 1 atom stereocenters. The lowest BCUT2D eigenvalue weighted by molar-refractivity contribution is -0.141. The summed E-state index contributed by atoms with van der Waals surface area (Å²) >= 11 is 0. The molecule has 27 heavy (non-hydrogen) atoms. The maximum atomic E-state index is 12.8. The average molecular weight is 374 g/mol. The second kappa shape index (κ2) is 8.41. The number of carbonyl (C=O) groups excluding carboxylic acids is 2. The minimum Gasteiger partial charge on any atom is -0.482 e. The van der Waals surface area contributed by atoms with Gasteiger partial charge in [0, 0.05) is 32.6 Å². The summed E-state index contributed by atoms with van der Waals surface area (Å²) < 4.78 is 5.11. The van der Waals surface area contributed by atoms with Gasteiger partial charge in [-0.25, -0.2) is 4.79 Å². The largest absolute Gasteiger partial charge is 0.482 e. The first kappa shape index (κ1) is 19.2. The maximum Gasteiger partial charge on any atom is 0.341 e. The van der Waals surface area contributed by atoms with E-state index in [1.807, 2.05) is 17.0 Å². The molecule has 0 radical (unpaired) electrons. The molecule has 7 heteroatoms. The summed E-state index contributed by atoms with van der Waals surface area (Å²) in [6.07, 6.45) is 3.66. The zero-order valence-electron chi connectivity index (χ0n) is 15.6. The Hall–Kier alpha value is -2.57. The van der Waals surface area contributed by atoms with E-state index in [2.05, 4.69) is 0 Å². The SMILES string of the molecule is CN(Cc1ccc(OCC(=O)O)cc1)C(=O)C1CCCN(C(=O)C2CC2)C1. The van der Waals surface area contributed by atoms with Gasteiger partial charge in [0.15, 0.2) is 6.61 Å². The molecule has 2 aliphatic rings. The van der Waals surface area contributed by atoms with Crippen molar-refractivity contribution in [3.8, 4) is 5.75 Å². The Kier molecular flexibility index (Phi) is 5.98. The van der Waals surface area contributed by atoms with E-state index < -0.39 is 5.97 Å². The van der Waals surface area contributed by atoms with Crippen LogP contribution in [0.15, 0.2) is 24.3 Å². The summed E-state index contributed by atoms with van der Waals surface area (Å²) in [6.45, 7) is 1.38. The number of hydrogen-bond acceptors (Lipinski definition) is 4. The first-order valence-corrected chi connectivity index (χ1v) is 9.41. The van der Waals surface area contributed by atoms with Crippen molar-refractivity contribution < 1.29 is 24.2 Å². The summed E-state index contributed by atoms with van der Waals surface area (Å²) in [7, 11) is 1.78. The summed E-state index contributed by atoms with van der Waals surface area (Å²) in [6, 6.07) is 7.05. The highest BCUT2D eigenvalue weighted by Gasteiger charge is 2.37. The van der Waals surface area contributed by atoms with Crippen molar-refractivity contribution in [2.45, 2.75) is 32.2 Å². The van der Waals surface area contributed by atoms with Crippen LogP contribution in [0, 0.1) is 11.8 Å². The highest BCUT2D eigenvalue weighted by molar-refractivity contribution is 5.83. The summed E-state index contributed by atoms with van der Waals surface area (Å²) in [5.74, 6) is -0.201. The van der Waals surface area contributed by atoms with Crippen LogP contribution in [0.3, 0.4) is 0 Å². The van der Waals surface area contributed by atoms with Crippen molar-refractivity contribution in [1.82, 2.24) is 9.80 Å². The van der Waals surface area contributed by atoms with E-state index in [0.717, 1.165) is 37.8 Å². The van der Waals surface area contributed by atoms with Crippen LogP contribution < -0.4 is 4.74 Å². The average Bonchev–Trinajstić information content (AvgIpc) is 3.51. The van der Waals surface area contributed by atoms with Gasteiger partial charge in [0.25, 0.3) is 0 Å². The molecule has 1 unspecified atom stereocenters. The minimum atomic E-state index is -1.02. The number of benzene rings is 1. The second-order valence-corrected chi connectivity index (χ2v) is 7.42. The topological polar surface area (TPSA) is 87.2 Å². The Labute approximate surface area is 158 Å². The lowest BCUT2D eigenvalue weighted by atomic mass is 9.96. The molecular formula is C20H26N2O5. The molecule has 7 nitrogen and oxygen atoms in total. The number of likely N-dealkylation sites (tertiary alicyclic amines) is 1. The molecule has 146 valence electrons. The number of amides is 2. The van der Waals surface area contributed by atoms with Crippen LogP contribution in [0.5, 0.6) is 5.75 Å². The van der Waals surface area contributed by atoms with E-state index >= 15 is 0 Å². The molecule has 2 amide bonds. The molecule has 1 saturated carbocycles. The van der Waals surface area contributed by atoms with Crippen LogP contribution in [-0.2, 0) is 20.9 Å². The van der Waals surface area contributed by atoms with Gasteiger partial charge in [0.05, 0.1) is 5.92 Å². The van der Waals surface area contributed by atoms with E-state index in [0.29, 0.717) is 18.8 Å². The van der Waals surface area contributed by atoms with Gasteiger partial charge in [-0.05, 0) is 43.4 Å². The third kappa shape index (κ3) is 5.21. The van der Waals surface area contributed by atoms with E-state index in [1.165, 1.54) is 0 Å². The highest BCUT2D eigenvalue weighted by atomic mass is 16.5. The van der Waals surface area contributed by atoms with E-state index in [9.17, 15) is 14.4 Å². The van der Waals surface area contributed by atoms with Crippen molar-refractivity contribution in [3.63, 3.8) is 0 Å². The Morgan fingerprint density at radius 1 is 1.15 bits per heavy atom. The molecule has 1 saturated heterocycles. The molecule has 1 aromatic rings. The van der Waals surface area contributed by atoms with Crippen LogP contribution in [-0.4, -0.2) is 59.4 Å². The van der Waals surface area contributed by atoms with Crippen molar-refractivity contribution in [1.29, 1.82) is 0 Å². The second-order valence-electron chi connectivity index (χ2n) is 7.42. The first-order valence-electron chi connectivity index (χ1n) is 9.41. The van der Waals surface area contributed by atoms with Crippen molar-refractivity contribution in [2.75, 3.05) is 26.7 Å². The smallest absolute Gasteiger partial charge is 0.341 e. The molecule has 1 aliphatic heterocycles. The number of aliphatic carboxylic acids is 1. The van der Waals surface area contributed by atoms with Crippen molar-refractivity contribution in [2.24, 2.45) is 11.8 Å². The Bertz CT molecular complexity index is 699. The van der Waals surface area contributed by atoms with Crippen molar-refractivity contribution >= 4 is 17.8 Å². The van der Waals surface area contributed by atoms with Crippen LogP contribution >= 0.6 is 0 Å². The van der Waals surface area contributed by atoms with Gasteiger partial charge in [-0.3, -0.25) is 9.59 Å². The molecule has 2 fully saturated rings. The number of carboxylic acids is 1. The fourth-order valence-corrected chi connectivity index (χ4v) is 3.47. The summed E-state index contributed by atoms with van der Waals surface area (Å²) in [4.78, 5) is 39.2. The number of nitrogens with zero attached hydrogens (tertiary/aromatic N) is 2. The number of ether oxygens (including phenoxy) is 1. The predicted molar refractivity (Wildman–Crippen MR) is 98.1 cm³/mol. The van der Waals surface area contributed by atoms with E-state index in [-0.39, 0.29) is 30.3 Å². The number of carbonyl (C=O) groups is 3. The van der Waals surface area contributed by atoms with Crippen LogP contribution in [0.2, 0.25) is 0 Å². The number of carboxylic acid groups (broad SMARTS) is 1. The van der Waals surface area contributed by atoms with Gasteiger partial charge in [-0.1, -0.05) is 12.1 Å². The third-order valence-electron chi connectivity index (χ3n) is 5.09. The standard InChI is InChI=1S/C20H26N2O5/c1-21(11-14-4-8-17(9-5-14)27-13-18(23)24)19(25)16-3-2-10-22(12-16)20(26)15-6-7-15/h4-5,8-9,15-16H,2-3,6-7,10-13H2,1H3,(H,23,24). The molecule has 0 aromatic heterocycles. The van der Waals surface area contributed by atoms with Gasteiger partial charge in [-0.15, -0.1) is 0 Å². The zero-order chi connectivity index (χ0) is 19.4. The normalized spacial score (nSPS) is 19.4. The Morgan fingerprint density at radius 3 is 2.48 bits per heavy atom. The van der Waals surface area contributed by atoms with E-state index in [1.54, 1.807) is 24.1 Å². The monoisotopic (exact) mass is 374 g/mol. The van der Waals surface area contributed by atoms with Gasteiger partial charge < -0.3 is 19.6 Å². The van der Waals surface area contributed by atoms with Gasteiger partial charge in [0.1, 0.15) is 5.75 Å². The molecule has 1 N–H and O–H groups in total. The molecule has 0 bridgehead atoms. The predicted octanol–water partition coefficient (Wildman–Crippen LogP) is 1.76. The maximum absolute atomic E-state index is 12.8. The van der Waals surface area contributed by atoms with Crippen LogP contribution in [0.1, 0.15) is 31.2 Å². The minimum absolute atomic E-state index is 0.0644. The summed E-state index contributed by atoms with van der Waals surface area (Å²) in [5.41, 5.74) is 0.940. The summed E-state index contributed by atoms with van der Waals surface area (Å²) in [5, 5.41) is 8.63. The fraction of sp³-hybridized carbons (Fsp3) is 0.550. The van der Waals surface area contributed by atoms with Crippen LogP contribution in [0.25, 0.3) is 0 Å². The molecule has 1 heterocycles. The number of hydrogen-bond donors (Lipinski definition) is 1. The van der Waals surface area contributed by atoms with Gasteiger partial charge in [-0.2, -0.15) is 0 Å². The fourth-order valence-electron chi connectivity index (χ4n) is 3.47. The Morgan fingerprint density at radius 2 is 1.85 bits per heavy atom. The van der Waals surface area contributed by atoms with Gasteiger partial charge >= 0.3 is 5.97 Å². The van der Waals surface area contributed by atoms with Crippen molar-refractivity contribution in [3.05, 3.63) is 29.8 Å². The molecule has 1 aromatic carbocycles. The molecule has 3 rings (SSSR count). The number of rotatable bonds is 7. The first-order chi connectivity index (χ1) is 12.9. The lowest BCUT2D eigenvalue weighted by Crippen LogP contribution is -2.46. The van der Waals surface area contributed by atoms with Gasteiger partial charge in [0.2, 0.25) is 11.8 Å². The van der Waals surface area contributed by atoms with Crippen LogP contribution in [0.4, 0.5) is 0 Å². The zero-order valence-corrected chi connectivity index (χ0v) is 15.6. The molecule has 0 spiro atoms. The quantitative estimate of drug-likeness (QED) is 0.786. The number of piperidine rings is 1. The lowest BCUT2D eigenvalue weighted by Gasteiger charge is -2.34.